The van der Waals surface area contributed by atoms with Crippen molar-refractivity contribution in [2.24, 2.45) is 11.8 Å². The van der Waals surface area contributed by atoms with Crippen molar-refractivity contribution in [2.45, 2.75) is 33.1 Å². The zero-order valence-corrected chi connectivity index (χ0v) is 11.2. The summed E-state index contributed by atoms with van der Waals surface area (Å²) in [6, 6.07) is 6.31. The molecule has 1 fully saturated rings. The highest BCUT2D eigenvalue weighted by Gasteiger charge is 2.42. The van der Waals surface area contributed by atoms with E-state index >= 15 is 0 Å². The van der Waals surface area contributed by atoms with E-state index in [2.05, 4.69) is 44.3 Å². The lowest BCUT2D eigenvalue weighted by Gasteiger charge is -2.17. The van der Waals surface area contributed by atoms with Gasteiger partial charge in [-0.2, -0.15) is 0 Å². The van der Waals surface area contributed by atoms with Crippen LogP contribution in [0.4, 0.5) is 5.69 Å². The number of rotatable bonds is 5. The molecule has 1 aromatic rings. The number of carboxylic acid groups (broad SMARTS) is 1. The first-order valence-corrected chi connectivity index (χ1v) is 6.57. The van der Waals surface area contributed by atoms with Crippen molar-refractivity contribution in [3.8, 4) is 0 Å². The van der Waals surface area contributed by atoms with Gasteiger partial charge in [0.25, 0.3) is 0 Å². The van der Waals surface area contributed by atoms with E-state index in [1.165, 1.54) is 16.8 Å². The van der Waals surface area contributed by atoms with Crippen molar-refractivity contribution in [3.63, 3.8) is 0 Å². The van der Waals surface area contributed by atoms with Gasteiger partial charge in [0.05, 0.1) is 5.92 Å². The lowest BCUT2D eigenvalue weighted by molar-refractivity contribution is -0.138. The van der Waals surface area contributed by atoms with Gasteiger partial charge in [-0.1, -0.05) is 32.0 Å². The molecule has 98 valence electrons. The van der Waals surface area contributed by atoms with E-state index in [1.807, 2.05) is 0 Å². The Labute approximate surface area is 108 Å². The molecule has 1 saturated carbocycles. The van der Waals surface area contributed by atoms with E-state index in [9.17, 15) is 4.79 Å². The summed E-state index contributed by atoms with van der Waals surface area (Å²) in [5.74, 6) is -0.0244. The van der Waals surface area contributed by atoms with Crippen LogP contribution in [0.1, 0.15) is 37.3 Å². The predicted octanol–water partition coefficient (Wildman–Crippen LogP) is 3.25. The highest BCUT2D eigenvalue weighted by molar-refractivity contribution is 5.73. The molecule has 2 N–H and O–H groups in total. The van der Waals surface area contributed by atoms with Gasteiger partial charge < -0.3 is 10.4 Å². The second-order valence-corrected chi connectivity index (χ2v) is 5.52. The average Bonchev–Trinajstić information content (AvgIpc) is 3.06. The first-order valence-electron chi connectivity index (χ1n) is 6.57. The number of hydrogen-bond acceptors (Lipinski definition) is 2. The molecule has 0 spiro atoms. The molecule has 2 rings (SSSR count). The maximum atomic E-state index is 10.8. The van der Waals surface area contributed by atoms with Gasteiger partial charge in [0.15, 0.2) is 0 Å². The van der Waals surface area contributed by atoms with Crippen molar-refractivity contribution in [2.75, 3.05) is 11.9 Å². The summed E-state index contributed by atoms with van der Waals surface area (Å²) in [5.41, 5.74) is 3.72. The van der Waals surface area contributed by atoms with E-state index in [0.29, 0.717) is 11.8 Å². The van der Waals surface area contributed by atoms with E-state index in [-0.39, 0.29) is 5.92 Å². The number of anilines is 1. The fourth-order valence-electron chi connectivity index (χ4n) is 2.42. The smallest absolute Gasteiger partial charge is 0.306 e. The minimum Gasteiger partial charge on any atom is -0.481 e. The van der Waals surface area contributed by atoms with Crippen LogP contribution in [0, 0.1) is 18.8 Å². The summed E-state index contributed by atoms with van der Waals surface area (Å²) in [6.07, 6.45) is 0.811. The molecule has 1 aliphatic rings. The van der Waals surface area contributed by atoms with Crippen LogP contribution < -0.4 is 5.32 Å². The molecule has 0 amide bonds. The summed E-state index contributed by atoms with van der Waals surface area (Å²) < 4.78 is 0. The second-order valence-electron chi connectivity index (χ2n) is 5.52. The summed E-state index contributed by atoms with van der Waals surface area (Å²) in [7, 11) is 0. The quantitative estimate of drug-likeness (QED) is 0.839. The maximum absolute atomic E-state index is 10.8. The molecule has 0 radical (unpaired) electrons. The van der Waals surface area contributed by atoms with E-state index in [1.54, 1.807) is 0 Å². The van der Waals surface area contributed by atoms with E-state index in [0.717, 1.165) is 13.0 Å². The minimum atomic E-state index is -0.657. The van der Waals surface area contributed by atoms with Crippen LogP contribution in [-0.4, -0.2) is 17.6 Å². The molecule has 0 bridgehead atoms. The van der Waals surface area contributed by atoms with Crippen LogP contribution in [0.5, 0.6) is 0 Å². The van der Waals surface area contributed by atoms with Crippen LogP contribution in [-0.2, 0) is 4.79 Å². The van der Waals surface area contributed by atoms with Crippen LogP contribution >= 0.6 is 0 Å². The molecule has 1 aliphatic carbocycles. The number of hydrogen-bond donors (Lipinski definition) is 2. The molecule has 0 aliphatic heterocycles. The van der Waals surface area contributed by atoms with Crippen molar-refractivity contribution in [1.29, 1.82) is 0 Å². The maximum Gasteiger partial charge on any atom is 0.306 e. The molecule has 0 aromatic heterocycles. The zero-order chi connectivity index (χ0) is 13.3. The third-order valence-electron chi connectivity index (χ3n) is 3.71. The molecule has 3 nitrogen and oxygen atoms in total. The lowest BCUT2D eigenvalue weighted by atomic mass is 9.98. The third-order valence-corrected chi connectivity index (χ3v) is 3.71. The van der Waals surface area contributed by atoms with Gasteiger partial charge >= 0.3 is 5.97 Å². The third kappa shape index (κ3) is 2.66. The molecule has 0 heterocycles. The summed E-state index contributed by atoms with van der Waals surface area (Å²) in [6.45, 7) is 7.21. The molecule has 3 heteroatoms. The molecular weight excluding hydrogens is 226 g/mol. The van der Waals surface area contributed by atoms with Gasteiger partial charge in [-0.25, -0.2) is 0 Å². The average molecular weight is 247 g/mol. The summed E-state index contributed by atoms with van der Waals surface area (Å²) in [4.78, 5) is 10.8. The highest BCUT2D eigenvalue weighted by atomic mass is 16.4. The number of carbonyl (C=O) groups is 1. The summed E-state index contributed by atoms with van der Waals surface area (Å²) in [5, 5.41) is 12.3. The van der Waals surface area contributed by atoms with Crippen LogP contribution in [0.15, 0.2) is 18.2 Å². The van der Waals surface area contributed by atoms with Crippen molar-refractivity contribution < 1.29 is 9.90 Å². The van der Waals surface area contributed by atoms with Crippen LogP contribution in [0.2, 0.25) is 0 Å². The Balaban J connectivity index is 2.03. The Morgan fingerprint density at radius 1 is 1.50 bits per heavy atom. The number of aryl methyl sites for hydroxylation is 1. The first kappa shape index (κ1) is 12.9. The fraction of sp³-hybridized carbons (Fsp3) is 0.533. The van der Waals surface area contributed by atoms with Gasteiger partial charge in [-0.05, 0) is 36.3 Å². The topological polar surface area (TPSA) is 49.3 Å². The monoisotopic (exact) mass is 247 g/mol. The minimum absolute atomic E-state index is 0.135. The summed E-state index contributed by atoms with van der Waals surface area (Å²) >= 11 is 0. The van der Waals surface area contributed by atoms with Gasteiger partial charge in [0.1, 0.15) is 0 Å². The lowest BCUT2D eigenvalue weighted by Crippen LogP contribution is -2.11. The first-order chi connectivity index (χ1) is 8.50. The SMILES string of the molecule is Cc1cccc(C(C)C)c1NCC1CC1C(=O)O. The standard InChI is InChI=1S/C15H21NO2/c1-9(2)12-6-4-5-10(3)14(12)16-8-11-7-13(11)15(17)18/h4-6,9,11,13,16H,7-8H2,1-3H3,(H,17,18). The van der Waals surface area contributed by atoms with Gasteiger partial charge in [-0.15, -0.1) is 0 Å². The second kappa shape index (κ2) is 5.01. The Morgan fingerprint density at radius 3 is 2.78 bits per heavy atom. The van der Waals surface area contributed by atoms with Gasteiger partial charge in [0.2, 0.25) is 0 Å². The number of para-hydroxylation sites is 1. The highest BCUT2D eigenvalue weighted by Crippen LogP contribution is 2.39. The normalized spacial score (nSPS) is 22.0. The van der Waals surface area contributed by atoms with Gasteiger partial charge in [-0.3, -0.25) is 4.79 Å². The molecule has 0 saturated heterocycles. The van der Waals surface area contributed by atoms with Crippen LogP contribution in [0.25, 0.3) is 0 Å². The molecular formula is C15H21NO2. The number of nitrogens with one attached hydrogen (secondary N) is 1. The molecule has 18 heavy (non-hydrogen) atoms. The fourth-order valence-corrected chi connectivity index (χ4v) is 2.42. The van der Waals surface area contributed by atoms with Crippen molar-refractivity contribution in [1.82, 2.24) is 0 Å². The Hall–Kier alpha value is -1.51. The van der Waals surface area contributed by atoms with Gasteiger partial charge in [0, 0.05) is 12.2 Å². The Morgan fingerprint density at radius 2 is 2.22 bits per heavy atom. The molecule has 1 aromatic carbocycles. The zero-order valence-electron chi connectivity index (χ0n) is 11.2. The van der Waals surface area contributed by atoms with E-state index in [4.69, 9.17) is 5.11 Å². The molecule has 2 atom stereocenters. The van der Waals surface area contributed by atoms with Crippen LogP contribution in [0.3, 0.4) is 0 Å². The number of carboxylic acids is 1. The Bertz CT molecular complexity index is 454. The van der Waals surface area contributed by atoms with Crippen molar-refractivity contribution >= 4 is 11.7 Å². The molecule has 2 unspecified atom stereocenters. The Kier molecular flexibility index (Phi) is 3.60. The largest absolute Gasteiger partial charge is 0.481 e. The number of aliphatic carboxylic acids is 1. The van der Waals surface area contributed by atoms with Crippen molar-refractivity contribution in [3.05, 3.63) is 29.3 Å². The number of benzene rings is 1. The predicted molar refractivity (Wildman–Crippen MR) is 73.0 cm³/mol. The van der Waals surface area contributed by atoms with E-state index < -0.39 is 5.97 Å².